The normalized spacial score (nSPS) is 24.2. The minimum absolute atomic E-state index is 0.639. The van der Waals surface area contributed by atoms with Crippen molar-refractivity contribution in [2.45, 2.75) is 18.8 Å². The largest absolute Gasteiger partial charge is 0.340 e. The van der Waals surface area contributed by atoms with Gasteiger partial charge in [-0.2, -0.15) is 0 Å². The van der Waals surface area contributed by atoms with Gasteiger partial charge >= 0.3 is 0 Å². The Morgan fingerprint density at radius 2 is 2.58 bits per heavy atom. The minimum Gasteiger partial charge on any atom is -0.340 e. The Morgan fingerprint density at radius 3 is 3.17 bits per heavy atom. The number of imidazole rings is 1. The zero-order valence-electron chi connectivity index (χ0n) is 7.45. The molecule has 3 heteroatoms. The number of aromatic nitrogens is 2. The fourth-order valence-electron chi connectivity index (χ4n) is 1.75. The van der Waals surface area contributed by atoms with Crippen molar-refractivity contribution in [3.05, 3.63) is 18.2 Å². The van der Waals surface area contributed by atoms with Crippen LogP contribution in [0, 0.1) is 0 Å². The Labute approximate surface area is 72.8 Å². The summed E-state index contributed by atoms with van der Waals surface area (Å²) in [5.74, 6) is 0.639. The molecule has 2 heterocycles. The van der Waals surface area contributed by atoms with E-state index in [0.717, 1.165) is 6.54 Å². The van der Waals surface area contributed by atoms with E-state index in [9.17, 15) is 0 Å². The Bertz CT molecular complexity index is 248. The molecule has 12 heavy (non-hydrogen) atoms. The summed E-state index contributed by atoms with van der Waals surface area (Å²) in [4.78, 5) is 4.36. The van der Waals surface area contributed by atoms with Gasteiger partial charge in [-0.1, -0.05) is 0 Å². The second-order valence-electron chi connectivity index (χ2n) is 3.51. The van der Waals surface area contributed by atoms with Gasteiger partial charge in [-0.25, -0.2) is 4.98 Å². The molecular formula is C9H15N3. The van der Waals surface area contributed by atoms with E-state index in [0.29, 0.717) is 5.92 Å². The van der Waals surface area contributed by atoms with E-state index >= 15 is 0 Å². The van der Waals surface area contributed by atoms with Crippen LogP contribution in [-0.2, 0) is 7.05 Å². The number of piperidine rings is 1. The first kappa shape index (κ1) is 7.80. The molecule has 0 amide bonds. The average molecular weight is 165 g/mol. The maximum Gasteiger partial charge on any atom is 0.0946 e. The number of nitrogens with zero attached hydrogens (tertiary/aromatic N) is 2. The molecule has 2 rings (SSSR count). The molecule has 1 saturated heterocycles. The summed E-state index contributed by atoms with van der Waals surface area (Å²) in [6.07, 6.45) is 6.56. The molecule has 1 N–H and O–H groups in total. The molecule has 1 aromatic rings. The molecule has 1 aliphatic rings. The third kappa shape index (κ3) is 1.50. The molecule has 66 valence electrons. The van der Waals surface area contributed by atoms with Gasteiger partial charge in [-0.3, -0.25) is 0 Å². The summed E-state index contributed by atoms with van der Waals surface area (Å²) in [6.45, 7) is 2.26. The molecule has 1 atom stereocenters. The fourth-order valence-corrected chi connectivity index (χ4v) is 1.75. The van der Waals surface area contributed by atoms with E-state index in [1.165, 1.54) is 25.1 Å². The van der Waals surface area contributed by atoms with E-state index in [4.69, 9.17) is 0 Å². The molecule has 1 aliphatic heterocycles. The molecule has 0 aromatic carbocycles. The highest BCUT2D eigenvalue weighted by Gasteiger charge is 2.16. The van der Waals surface area contributed by atoms with Crippen LogP contribution >= 0.6 is 0 Å². The zero-order valence-corrected chi connectivity index (χ0v) is 7.45. The zero-order chi connectivity index (χ0) is 8.39. The van der Waals surface area contributed by atoms with Crippen LogP contribution in [-0.4, -0.2) is 22.6 Å². The molecule has 0 radical (unpaired) electrons. The highest BCUT2D eigenvalue weighted by atomic mass is 15.0. The van der Waals surface area contributed by atoms with Crippen LogP contribution in [0.5, 0.6) is 0 Å². The maximum absolute atomic E-state index is 4.36. The van der Waals surface area contributed by atoms with E-state index in [1.54, 1.807) is 0 Å². The van der Waals surface area contributed by atoms with Crippen molar-refractivity contribution in [3.8, 4) is 0 Å². The van der Waals surface area contributed by atoms with Gasteiger partial charge in [0.1, 0.15) is 0 Å². The Hall–Kier alpha value is -0.830. The lowest BCUT2D eigenvalue weighted by molar-refractivity contribution is 0.455. The molecule has 0 aliphatic carbocycles. The van der Waals surface area contributed by atoms with Gasteiger partial charge < -0.3 is 9.88 Å². The lowest BCUT2D eigenvalue weighted by atomic mass is 9.97. The first-order valence-electron chi connectivity index (χ1n) is 4.55. The SMILES string of the molecule is Cn1cnc(C2CCCNC2)c1. The van der Waals surface area contributed by atoms with Gasteiger partial charge in [0.2, 0.25) is 0 Å². The third-order valence-corrected chi connectivity index (χ3v) is 2.44. The summed E-state index contributed by atoms with van der Waals surface area (Å²) < 4.78 is 2.02. The first-order valence-corrected chi connectivity index (χ1v) is 4.55. The van der Waals surface area contributed by atoms with E-state index < -0.39 is 0 Å². The number of rotatable bonds is 1. The van der Waals surface area contributed by atoms with Crippen LogP contribution in [0.25, 0.3) is 0 Å². The number of hydrogen-bond acceptors (Lipinski definition) is 2. The highest BCUT2D eigenvalue weighted by Crippen LogP contribution is 2.20. The summed E-state index contributed by atoms with van der Waals surface area (Å²) in [5.41, 5.74) is 1.24. The van der Waals surface area contributed by atoms with Crippen molar-refractivity contribution in [1.29, 1.82) is 0 Å². The van der Waals surface area contributed by atoms with Gasteiger partial charge in [0.05, 0.1) is 12.0 Å². The van der Waals surface area contributed by atoms with Gasteiger partial charge in [0, 0.05) is 25.7 Å². The summed E-state index contributed by atoms with van der Waals surface area (Å²) in [6, 6.07) is 0. The molecule has 0 bridgehead atoms. The predicted octanol–water partition coefficient (Wildman–Crippen LogP) is 0.887. The summed E-state index contributed by atoms with van der Waals surface area (Å²) >= 11 is 0. The van der Waals surface area contributed by atoms with Crippen LogP contribution in [0.1, 0.15) is 24.5 Å². The van der Waals surface area contributed by atoms with Crippen LogP contribution in [0.2, 0.25) is 0 Å². The summed E-state index contributed by atoms with van der Waals surface area (Å²) in [5, 5.41) is 3.39. The molecule has 1 aromatic heterocycles. The fraction of sp³-hybridized carbons (Fsp3) is 0.667. The highest BCUT2D eigenvalue weighted by molar-refractivity contribution is 5.06. The first-order chi connectivity index (χ1) is 5.86. The van der Waals surface area contributed by atoms with Crippen LogP contribution in [0.15, 0.2) is 12.5 Å². The van der Waals surface area contributed by atoms with Gasteiger partial charge in [-0.05, 0) is 19.4 Å². The van der Waals surface area contributed by atoms with Crippen molar-refractivity contribution in [3.63, 3.8) is 0 Å². The standard InChI is InChI=1S/C9H15N3/c1-12-6-9(11-7-12)8-3-2-4-10-5-8/h6-8,10H,2-5H2,1H3. The lowest BCUT2D eigenvalue weighted by Gasteiger charge is -2.20. The maximum atomic E-state index is 4.36. The van der Waals surface area contributed by atoms with E-state index in [2.05, 4.69) is 16.5 Å². The number of aryl methyl sites for hydroxylation is 1. The monoisotopic (exact) mass is 165 g/mol. The van der Waals surface area contributed by atoms with Crippen LogP contribution in [0.3, 0.4) is 0 Å². The third-order valence-electron chi connectivity index (χ3n) is 2.44. The van der Waals surface area contributed by atoms with Gasteiger partial charge in [-0.15, -0.1) is 0 Å². The average Bonchev–Trinajstić information content (AvgIpc) is 2.54. The van der Waals surface area contributed by atoms with Crippen molar-refractivity contribution in [1.82, 2.24) is 14.9 Å². The quantitative estimate of drug-likeness (QED) is 0.669. The second kappa shape index (κ2) is 3.27. The van der Waals surface area contributed by atoms with Crippen molar-refractivity contribution < 1.29 is 0 Å². The van der Waals surface area contributed by atoms with E-state index in [-0.39, 0.29) is 0 Å². The lowest BCUT2D eigenvalue weighted by Crippen LogP contribution is -2.28. The Morgan fingerprint density at radius 1 is 1.67 bits per heavy atom. The number of nitrogens with one attached hydrogen (secondary N) is 1. The van der Waals surface area contributed by atoms with Crippen molar-refractivity contribution >= 4 is 0 Å². The van der Waals surface area contributed by atoms with Gasteiger partial charge in [0.25, 0.3) is 0 Å². The Balaban J connectivity index is 2.08. The predicted molar refractivity (Wildman–Crippen MR) is 48.1 cm³/mol. The second-order valence-corrected chi connectivity index (χ2v) is 3.51. The number of hydrogen-bond donors (Lipinski definition) is 1. The minimum atomic E-state index is 0.639. The molecule has 1 unspecified atom stereocenters. The Kier molecular flexibility index (Phi) is 2.13. The topological polar surface area (TPSA) is 29.9 Å². The van der Waals surface area contributed by atoms with Gasteiger partial charge in [0.15, 0.2) is 0 Å². The molecule has 3 nitrogen and oxygen atoms in total. The summed E-state index contributed by atoms with van der Waals surface area (Å²) in [7, 11) is 2.02. The van der Waals surface area contributed by atoms with Crippen molar-refractivity contribution in [2.24, 2.45) is 7.05 Å². The molecule has 0 saturated carbocycles. The van der Waals surface area contributed by atoms with Crippen LogP contribution < -0.4 is 5.32 Å². The van der Waals surface area contributed by atoms with Crippen molar-refractivity contribution in [2.75, 3.05) is 13.1 Å². The molecule has 1 fully saturated rings. The van der Waals surface area contributed by atoms with E-state index in [1.807, 2.05) is 17.9 Å². The smallest absolute Gasteiger partial charge is 0.0946 e. The molecular weight excluding hydrogens is 150 g/mol. The van der Waals surface area contributed by atoms with Crippen LogP contribution in [0.4, 0.5) is 0 Å². The molecule has 0 spiro atoms.